The van der Waals surface area contributed by atoms with Crippen LogP contribution < -0.4 is 10.9 Å². The van der Waals surface area contributed by atoms with Crippen LogP contribution in [0.5, 0.6) is 0 Å². The predicted octanol–water partition coefficient (Wildman–Crippen LogP) is 4.04. The maximum atomic E-state index is 13.2. The number of hydrogen-bond donors (Lipinski definition) is 1. The maximum Gasteiger partial charge on any atom is 0.274 e. The molecule has 9 heteroatoms. The van der Waals surface area contributed by atoms with Gasteiger partial charge in [0.25, 0.3) is 11.5 Å². The Labute approximate surface area is 207 Å². The molecule has 0 bridgehead atoms. The largest absolute Gasteiger partial charge is 0.360 e. The van der Waals surface area contributed by atoms with Crippen molar-refractivity contribution in [3.05, 3.63) is 80.9 Å². The summed E-state index contributed by atoms with van der Waals surface area (Å²) in [4.78, 5) is 28.6. The van der Waals surface area contributed by atoms with E-state index in [2.05, 4.69) is 20.5 Å². The van der Waals surface area contributed by atoms with E-state index in [1.807, 2.05) is 30.3 Å². The molecule has 1 N–H and O–H groups in total. The van der Waals surface area contributed by atoms with E-state index in [9.17, 15) is 9.59 Å². The van der Waals surface area contributed by atoms with Crippen LogP contribution in [-0.4, -0.2) is 45.4 Å². The Morgan fingerprint density at radius 2 is 1.77 bits per heavy atom. The highest BCUT2D eigenvalue weighted by atomic mass is 35.5. The highest BCUT2D eigenvalue weighted by Gasteiger charge is 2.23. The van der Waals surface area contributed by atoms with Crippen LogP contribution in [0, 0.1) is 6.92 Å². The van der Waals surface area contributed by atoms with Crippen LogP contribution in [0.1, 0.15) is 34.7 Å². The van der Waals surface area contributed by atoms with Crippen molar-refractivity contribution < 1.29 is 9.32 Å². The lowest BCUT2D eigenvalue weighted by atomic mass is 10.1. The van der Waals surface area contributed by atoms with Crippen LogP contribution in [0.4, 0.5) is 0 Å². The number of carbonyl (C=O) groups is 1. The zero-order chi connectivity index (χ0) is 24.4. The molecule has 0 saturated carbocycles. The first-order valence-corrected chi connectivity index (χ1v) is 12.1. The van der Waals surface area contributed by atoms with E-state index in [-0.39, 0.29) is 18.0 Å². The lowest BCUT2D eigenvalue weighted by molar-refractivity contribution is 0.0949. The number of likely N-dealkylation sites (tertiary alicyclic amines) is 1. The molecule has 0 atom stereocenters. The summed E-state index contributed by atoms with van der Waals surface area (Å²) in [5, 5.41) is 13.4. The molecule has 2 aromatic heterocycles. The lowest BCUT2D eigenvalue weighted by Gasteiger charge is -2.16. The van der Waals surface area contributed by atoms with Gasteiger partial charge in [-0.25, -0.2) is 4.68 Å². The number of rotatable bonds is 7. The van der Waals surface area contributed by atoms with Crippen molar-refractivity contribution in [2.75, 3.05) is 19.6 Å². The Bertz CT molecular complexity index is 1440. The third kappa shape index (κ3) is 4.72. The monoisotopic (exact) mass is 491 g/mol. The second-order valence-corrected chi connectivity index (χ2v) is 9.10. The highest BCUT2D eigenvalue weighted by Crippen LogP contribution is 2.31. The van der Waals surface area contributed by atoms with Gasteiger partial charge in [-0.2, -0.15) is 5.10 Å². The van der Waals surface area contributed by atoms with Crippen molar-refractivity contribution in [3.63, 3.8) is 0 Å². The second kappa shape index (κ2) is 10.0. The molecule has 1 amide bonds. The number of halogens is 1. The molecule has 8 nitrogen and oxygen atoms in total. The van der Waals surface area contributed by atoms with Crippen LogP contribution in [0.2, 0.25) is 5.02 Å². The fourth-order valence-corrected chi connectivity index (χ4v) is 4.78. The molecule has 5 rings (SSSR count). The van der Waals surface area contributed by atoms with Crippen molar-refractivity contribution in [2.45, 2.75) is 32.9 Å². The molecule has 3 heterocycles. The fraction of sp³-hybridized carbons (Fsp3) is 0.308. The van der Waals surface area contributed by atoms with Crippen LogP contribution in [0.15, 0.2) is 57.8 Å². The Balaban J connectivity index is 1.42. The number of amides is 1. The molecule has 1 fully saturated rings. The van der Waals surface area contributed by atoms with Gasteiger partial charge in [-0.1, -0.05) is 53.2 Å². The van der Waals surface area contributed by atoms with Gasteiger partial charge in [-0.3, -0.25) is 9.59 Å². The van der Waals surface area contributed by atoms with Gasteiger partial charge in [-0.05, 0) is 45.0 Å². The van der Waals surface area contributed by atoms with Crippen LogP contribution in [0.3, 0.4) is 0 Å². The zero-order valence-electron chi connectivity index (χ0n) is 19.5. The van der Waals surface area contributed by atoms with Gasteiger partial charge in [0.2, 0.25) is 0 Å². The average Bonchev–Trinajstić information content (AvgIpc) is 3.53. The summed E-state index contributed by atoms with van der Waals surface area (Å²) in [5.41, 5.74) is 1.84. The summed E-state index contributed by atoms with van der Waals surface area (Å²) >= 11 is 6.33. The minimum Gasteiger partial charge on any atom is -0.360 e. The van der Waals surface area contributed by atoms with Gasteiger partial charge in [0, 0.05) is 17.5 Å². The van der Waals surface area contributed by atoms with Gasteiger partial charge in [-0.15, -0.1) is 0 Å². The standard InChI is InChI=1S/C26H26ClN5O3/c1-17-23(24(30-35-17)20-10-4-5-11-21(20)27)25(33)28-16-22-18-8-2-3-9-19(18)26(34)32(29-22)15-14-31-12-6-7-13-31/h2-5,8-11H,6-7,12-16H2,1H3,(H,28,33). The van der Waals surface area contributed by atoms with Crippen molar-refractivity contribution in [2.24, 2.45) is 0 Å². The number of fused-ring (bicyclic) bond motifs is 1. The molecule has 180 valence electrons. The summed E-state index contributed by atoms with van der Waals surface area (Å²) in [6.45, 7) is 5.22. The average molecular weight is 492 g/mol. The Kier molecular flexibility index (Phi) is 6.66. The van der Waals surface area contributed by atoms with Crippen molar-refractivity contribution in [3.8, 4) is 11.3 Å². The molecular weight excluding hydrogens is 466 g/mol. The van der Waals surface area contributed by atoms with Crippen LogP contribution in [0.25, 0.3) is 22.0 Å². The van der Waals surface area contributed by atoms with Crippen LogP contribution >= 0.6 is 11.6 Å². The molecule has 4 aromatic rings. The molecule has 0 unspecified atom stereocenters. The SMILES string of the molecule is Cc1onc(-c2ccccc2Cl)c1C(=O)NCc1nn(CCN2CCCC2)c(=O)c2ccccc12. The number of benzene rings is 2. The van der Waals surface area contributed by atoms with Gasteiger partial charge in [0.15, 0.2) is 0 Å². The van der Waals surface area contributed by atoms with Gasteiger partial charge in [0.05, 0.1) is 29.2 Å². The molecule has 1 aliphatic rings. The molecule has 1 saturated heterocycles. The van der Waals surface area contributed by atoms with Crippen molar-refractivity contribution in [1.29, 1.82) is 0 Å². The molecule has 0 aliphatic carbocycles. The highest BCUT2D eigenvalue weighted by molar-refractivity contribution is 6.33. The van der Waals surface area contributed by atoms with E-state index in [1.165, 1.54) is 17.5 Å². The quantitative estimate of drug-likeness (QED) is 0.419. The Morgan fingerprint density at radius 1 is 1.06 bits per heavy atom. The summed E-state index contributed by atoms with van der Waals surface area (Å²) in [6.07, 6.45) is 2.38. The predicted molar refractivity (Wildman–Crippen MR) is 135 cm³/mol. The smallest absolute Gasteiger partial charge is 0.274 e. The molecule has 0 spiro atoms. The van der Waals surface area contributed by atoms with E-state index >= 15 is 0 Å². The summed E-state index contributed by atoms with van der Waals surface area (Å²) in [5.74, 6) is 0.0465. The first kappa shape index (κ1) is 23.3. The zero-order valence-corrected chi connectivity index (χ0v) is 20.2. The third-order valence-corrected chi connectivity index (χ3v) is 6.74. The van der Waals surface area contributed by atoms with Crippen molar-refractivity contribution in [1.82, 2.24) is 25.2 Å². The molecule has 2 aromatic carbocycles. The molecule has 0 radical (unpaired) electrons. The molecule has 35 heavy (non-hydrogen) atoms. The minimum absolute atomic E-state index is 0.120. The molecular formula is C26H26ClN5O3. The first-order chi connectivity index (χ1) is 17.0. The number of aromatic nitrogens is 3. The summed E-state index contributed by atoms with van der Waals surface area (Å²) in [6, 6.07) is 14.5. The van der Waals surface area contributed by atoms with E-state index in [1.54, 1.807) is 25.1 Å². The van der Waals surface area contributed by atoms with E-state index in [0.717, 1.165) is 25.0 Å². The number of nitrogens with one attached hydrogen (secondary N) is 1. The van der Waals surface area contributed by atoms with E-state index in [4.69, 9.17) is 16.1 Å². The normalized spacial score (nSPS) is 14.0. The minimum atomic E-state index is -0.348. The number of hydrogen-bond acceptors (Lipinski definition) is 6. The number of nitrogens with zero attached hydrogens (tertiary/aromatic N) is 4. The van der Waals surface area contributed by atoms with Crippen LogP contribution in [-0.2, 0) is 13.1 Å². The topological polar surface area (TPSA) is 93.3 Å². The van der Waals surface area contributed by atoms with Crippen molar-refractivity contribution >= 4 is 28.3 Å². The fourth-order valence-electron chi connectivity index (χ4n) is 4.56. The first-order valence-electron chi connectivity index (χ1n) is 11.7. The Morgan fingerprint density at radius 3 is 2.54 bits per heavy atom. The number of aryl methyl sites for hydroxylation is 1. The Hall–Kier alpha value is -3.49. The van der Waals surface area contributed by atoms with E-state index < -0.39 is 0 Å². The summed E-state index contributed by atoms with van der Waals surface area (Å²) < 4.78 is 6.84. The third-order valence-electron chi connectivity index (χ3n) is 6.41. The van der Waals surface area contributed by atoms with Gasteiger partial charge >= 0.3 is 0 Å². The number of carbonyl (C=O) groups excluding carboxylic acids is 1. The second-order valence-electron chi connectivity index (χ2n) is 8.69. The lowest BCUT2D eigenvalue weighted by Crippen LogP contribution is -2.32. The van der Waals surface area contributed by atoms with Gasteiger partial charge in [0.1, 0.15) is 17.0 Å². The maximum absolute atomic E-state index is 13.2. The van der Waals surface area contributed by atoms with Gasteiger partial charge < -0.3 is 14.7 Å². The summed E-state index contributed by atoms with van der Waals surface area (Å²) in [7, 11) is 0. The van der Waals surface area contributed by atoms with E-state index in [0.29, 0.717) is 45.2 Å². The molecule has 1 aliphatic heterocycles.